The Hall–Kier alpha value is -0.0500. The lowest BCUT2D eigenvalue weighted by molar-refractivity contribution is 0.309. The molecule has 1 nitrogen and oxygen atoms in total. The molecule has 0 saturated carbocycles. The number of hydrogen-bond donors (Lipinski definition) is 1. The van der Waals surface area contributed by atoms with Crippen molar-refractivity contribution in [3.63, 3.8) is 0 Å². The molecule has 0 aliphatic carbocycles. The summed E-state index contributed by atoms with van der Waals surface area (Å²) in [6.45, 7) is 13.4. The Bertz CT molecular complexity index is 349. The molecule has 18 heavy (non-hydrogen) atoms. The molecule has 1 aromatic rings. The monoisotopic (exact) mass is 287 g/mol. The van der Waals surface area contributed by atoms with E-state index in [1.54, 1.807) is 11.3 Å². The highest BCUT2D eigenvalue weighted by atomic mass is 35.5. The summed E-state index contributed by atoms with van der Waals surface area (Å²) >= 11 is 7.83. The van der Waals surface area contributed by atoms with Crippen LogP contribution in [-0.4, -0.2) is 13.1 Å². The van der Waals surface area contributed by atoms with Gasteiger partial charge in [0, 0.05) is 11.4 Å². The van der Waals surface area contributed by atoms with E-state index >= 15 is 0 Å². The first-order valence-corrected chi connectivity index (χ1v) is 7.95. The van der Waals surface area contributed by atoms with Crippen LogP contribution in [0.4, 0.5) is 0 Å². The molecule has 0 aliphatic heterocycles. The number of nitrogens with one attached hydrogen (secondary N) is 1. The lowest BCUT2D eigenvalue weighted by Crippen LogP contribution is -2.32. The van der Waals surface area contributed by atoms with Crippen LogP contribution in [-0.2, 0) is 6.42 Å². The molecule has 0 radical (unpaired) electrons. The molecule has 3 heteroatoms. The zero-order valence-corrected chi connectivity index (χ0v) is 13.8. The molecule has 0 aliphatic rings. The van der Waals surface area contributed by atoms with Gasteiger partial charge in [0.15, 0.2) is 0 Å². The second kappa shape index (κ2) is 6.93. The van der Waals surface area contributed by atoms with Gasteiger partial charge in [-0.3, -0.25) is 0 Å². The van der Waals surface area contributed by atoms with Crippen LogP contribution in [0, 0.1) is 18.3 Å². The van der Waals surface area contributed by atoms with Gasteiger partial charge in [0.2, 0.25) is 0 Å². The third-order valence-electron chi connectivity index (χ3n) is 3.11. The summed E-state index contributed by atoms with van der Waals surface area (Å²) in [6, 6.07) is 2.23. The molecule has 1 heterocycles. The van der Waals surface area contributed by atoms with Gasteiger partial charge in [-0.1, -0.05) is 39.3 Å². The van der Waals surface area contributed by atoms with Gasteiger partial charge in [0.05, 0.1) is 4.34 Å². The molecule has 0 unspecified atom stereocenters. The zero-order valence-electron chi connectivity index (χ0n) is 12.3. The van der Waals surface area contributed by atoms with Gasteiger partial charge in [-0.25, -0.2) is 0 Å². The lowest BCUT2D eigenvalue weighted by atomic mass is 9.87. The SMILES string of the molecule is Cc1cc(CCC(C)(C)CNCC(C)C)sc1Cl. The van der Waals surface area contributed by atoms with Crippen LogP contribution in [0.15, 0.2) is 6.07 Å². The van der Waals surface area contributed by atoms with Crippen molar-refractivity contribution in [1.82, 2.24) is 5.32 Å². The maximum absolute atomic E-state index is 6.10. The van der Waals surface area contributed by atoms with E-state index < -0.39 is 0 Å². The second-order valence-electron chi connectivity index (χ2n) is 6.36. The fourth-order valence-electron chi connectivity index (χ4n) is 1.90. The number of halogens is 1. The van der Waals surface area contributed by atoms with Crippen LogP contribution in [0.25, 0.3) is 0 Å². The molecule has 104 valence electrons. The van der Waals surface area contributed by atoms with Crippen LogP contribution < -0.4 is 5.32 Å². The van der Waals surface area contributed by atoms with Crippen molar-refractivity contribution in [2.75, 3.05) is 13.1 Å². The number of rotatable bonds is 7. The summed E-state index contributed by atoms with van der Waals surface area (Å²) < 4.78 is 0.945. The third kappa shape index (κ3) is 5.73. The predicted octanol–water partition coefficient (Wildman–Crippen LogP) is 4.91. The topological polar surface area (TPSA) is 12.0 Å². The maximum Gasteiger partial charge on any atom is 0.0960 e. The summed E-state index contributed by atoms with van der Waals surface area (Å²) in [6.07, 6.45) is 2.34. The van der Waals surface area contributed by atoms with Crippen molar-refractivity contribution < 1.29 is 0 Å². The summed E-state index contributed by atoms with van der Waals surface area (Å²) in [5.74, 6) is 0.722. The average Bonchev–Trinajstić information content (AvgIpc) is 2.55. The van der Waals surface area contributed by atoms with Crippen molar-refractivity contribution in [2.24, 2.45) is 11.3 Å². The van der Waals surface area contributed by atoms with Crippen molar-refractivity contribution in [2.45, 2.75) is 47.5 Å². The first-order valence-electron chi connectivity index (χ1n) is 6.76. The Balaban J connectivity index is 2.36. The van der Waals surface area contributed by atoms with Crippen LogP contribution in [0.3, 0.4) is 0 Å². The van der Waals surface area contributed by atoms with Crippen LogP contribution in [0.5, 0.6) is 0 Å². The Morgan fingerprint density at radius 3 is 2.56 bits per heavy atom. The molecule has 1 aromatic heterocycles. The van der Waals surface area contributed by atoms with E-state index in [1.165, 1.54) is 16.9 Å². The van der Waals surface area contributed by atoms with E-state index in [1.807, 2.05) is 0 Å². The number of thiophene rings is 1. The van der Waals surface area contributed by atoms with Crippen molar-refractivity contribution in [1.29, 1.82) is 0 Å². The lowest BCUT2D eigenvalue weighted by Gasteiger charge is -2.25. The Kier molecular flexibility index (Phi) is 6.16. The highest BCUT2D eigenvalue weighted by Crippen LogP contribution is 2.30. The quantitative estimate of drug-likeness (QED) is 0.751. The average molecular weight is 288 g/mol. The summed E-state index contributed by atoms with van der Waals surface area (Å²) in [5.41, 5.74) is 1.56. The molecule has 1 N–H and O–H groups in total. The minimum atomic E-state index is 0.346. The molecule has 0 atom stereocenters. The van der Waals surface area contributed by atoms with E-state index in [0.717, 1.165) is 29.8 Å². The maximum atomic E-state index is 6.10. The molecule has 0 saturated heterocycles. The Morgan fingerprint density at radius 2 is 2.06 bits per heavy atom. The molecule has 0 bridgehead atoms. The Labute approximate surface area is 121 Å². The minimum absolute atomic E-state index is 0.346. The smallest absolute Gasteiger partial charge is 0.0960 e. The first kappa shape index (κ1) is 16.0. The molecule has 0 spiro atoms. The predicted molar refractivity (Wildman–Crippen MR) is 83.9 cm³/mol. The molecule has 0 amide bonds. The van der Waals surface area contributed by atoms with Gasteiger partial charge in [-0.05, 0) is 49.3 Å². The summed E-state index contributed by atoms with van der Waals surface area (Å²) in [7, 11) is 0. The van der Waals surface area contributed by atoms with Crippen molar-refractivity contribution in [3.05, 3.63) is 20.8 Å². The van der Waals surface area contributed by atoms with Gasteiger partial charge in [-0.2, -0.15) is 0 Å². The molecule has 1 rings (SSSR count). The fraction of sp³-hybridized carbons (Fsp3) is 0.733. The van der Waals surface area contributed by atoms with E-state index in [0.29, 0.717) is 5.41 Å². The normalized spacial score (nSPS) is 12.4. The van der Waals surface area contributed by atoms with E-state index in [2.05, 4.69) is 46.0 Å². The van der Waals surface area contributed by atoms with E-state index in [-0.39, 0.29) is 0 Å². The van der Waals surface area contributed by atoms with Gasteiger partial charge < -0.3 is 5.32 Å². The zero-order chi connectivity index (χ0) is 13.8. The largest absolute Gasteiger partial charge is 0.316 e. The van der Waals surface area contributed by atoms with Crippen molar-refractivity contribution >= 4 is 22.9 Å². The molecule has 0 fully saturated rings. The number of aryl methyl sites for hydroxylation is 2. The van der Waals surface area contributed by atoms with E-state index in [4.69, 9.17) is 11.6 Å². The first-order chi connectivity index (χ1) is 8.30. The van der Waals surface area contributed by atoms with Crippen molar-refractivity contribution in [3.8, 4) is 0 Å². The fourth-order valence-corrected chi connectivity index (χ4v) is 3.14. The highest BCUT2D eigenvalue weighted by Gasteiger charge is 2.18. The van der Waals surface area contributed by atoms with E-state index in [9.17, 15) is 0 Å². The second-order valence-corrected chi connectivity index (χ2v) is 8.10. The minimum Gasteiger partial charge on any atom is -0.316 e. The Morgan fingerprint density at radius 1 is 1.39 bits per heavy atom. The van der Waals surface area contributed by atoms with Crippen LogP contribution >= 0.6 is 22.9 Å². The molecule has 0 aromatic carbocycles. The van der Waals surface area contributed by atoms with Gasteiger partial charge in [0.25, 0.3) is 0 Å². The summed E-state index contributed by atoms with van der Waals surface area (Å²) in [4.78, 5) is 1.41. The van der Waals surface area contributed by atoms with Crippen LogP contribution in [0.2, 0.25) is 4.34 Å². The molecular weight excluding hydrogens is 262 g/mol. The van der Waals surface area contributed by atoms with Gasteiger partial charge >= 0.3 is 0 Å². The highest BCUT2D eigenvalue weighted by molar-refractivity contribution is 7.16. The van der Waals surface area contributed by atoms with Crippen LogP contribution in [0.1, 0.15) is 44.6 Å². The standard InChI is InChI=1S/C15H26ClNS/c1-11(2)9-17-10-15(4,5)7-6-13-8-12(3)14(16)18-13/h8,11,17H,6-7,9-10H2,1-5H3. The van der Waals surface area contributed by atoms with Gasteiger partial charge in [0.1, 0.15) is 0 Å². The third-order valence-corrected chi connectivity index (χ3v) is 4.73. The molecular formula is C15H26ClNS. The summed E-state index contributed by atoms with van der Waals surface area (Å²) in [5, 5.41) is 3.56. The van der Waals surface area contributed by atoms with Gasteiger partial charge in [-0.15, -0.1) is 11.3 Å². The number of hydrogen-bond acceptors (Lipinski definition) is 2.